The summed E-state index contributed by atoms with van der Waals surface area (Å²) in [4.78, 5) is 19.0. The van der Waals surface area contributed by atoms with Crippen LogP contribution >= 0.6 is 11.3 Å². The molecule has 6 heteroatoms. The van der Waals surface area contributed by atoms with Crippen LogP contribution in [-0.2, 0) is 4.79 Å². The highest BCUT2D eigenvalue weighted by atomic mass is 32.1. The zero-order chi connectivity index (χ0) is 18.1. The highest BCUT2D eigenvalue weighted by Crippen LogP contribution is 2.18. The number of carbonyl (C=O) groups is 1. The number of thiophene rings is 1. The summed E-state index contributed by atoms with van der Waals surface area (Å²) in [7, 11) is 0. The number of likely N-dealkylation sites (tertiary alicyclic amines) is 1. The molecule has 1 aliphatic heterocycles. The van der Waals surface area contributed by atoms with Crippen molar-refractivity contribution < 1.29 is 4.79 Å². The Bertz CT molecular complexity index is 544. The van der Waals surface area contributed by atoms with Gasteiger partial charge >= 0.3 is 0 Å². The molecule has 2 unspecified atom stereocenters. The molecule has 1 saturated heterocycles. The minimum absolute atomic E-state index is 0.251. The molecule has 5 nitrogen and oxygen atoms in total. The van der Waals surface area contributed by atoms with E-state index in [0.717, 1.165) is 38.6 Å². The first-order valence-corrected chi connectivity index (χ1v) is 10.4. The predicted octanol–water partition coefficient (Wildman–Crippen LogP) is 3.06. The van der Waals surface area contributed by atoms with E-state index in [1.54, 1.807) is 11.3 Å². The van der Waals surface area contributed by atoms with Gasteiger partial charge in [0.05, 0.1) is 0 Å². The minimum atomic E-state index is 0.251. The first-order valence-electron chi connectivity index (χ1n) is 9.42. The predicted molar refractivity (Wildman–Crippen MR) is 106 cm³/mol. The molecule has 1 aromatic heterocycles. The lowest BCUT2D eigenvalue weighted by Crippen LogP contribution is -2.42. The van der Waals surface area contributed by atoms with Gasteiger partial charge in [-0.05, 0) is 48.1 Å². The van der Waals surface area contributed by atoms with Crippen molar-refractivity contribution >= 4 is 23.2 Å². The third-order valence-corrected chi connectivity index (χ3v) is 5.32. The fourth-order valence-electron chi connectivity index (χ4n) is 3.09. The molecule has 0 spiro atoms. The molecular formula is C19H32N4OS. The van der Waals surface area contributed by atoms with Gasteiger partial charge in [-0.15, -0.1) is 0 Å². The molecule has 0 aliphatic carbocycles. The van der Waals surface area contributed by atoms with Crippen molar-refractivity contribution in [1.82, 2.24) is 15.5 Å². The van der Waals surface area contributed by atoms with Gasteiger partial charge in [-0.1, -0.05) is 13.8 Å². The van der Waals surface area contributed by atoms with Crippen LogP contribution in [0.5, 0.6) is 0 Å². The summed E-state index contributed by atoms with van der Waals surface area (Å²) in [5, 5.41) is 10.8. The van der Waals surface area contributed by atoms with Crippen LogP contribution < -0.4 is 10.6 Å². The number of nitrogens with one attached hydrogen (secondary N) is 2. The summed E-state index contributed by atoms with van der Waals surface area (Å²) < 4.78 is 0. The number of aliphatic imine (C=N–C) groups is 1. The normalized spacial score (nSPS) is 19.6. The zero-order valence-electron chi connectivity index (χ0n) is 15.8. The Hall–Kier alpha value is -1.56. The summed E-state index contributed by atoms with van der Waals surface area (Å²) in [5.74, 6) is 2.08. The van der Waals surface area contributed by atoms with E-state index in [0.29, 0.717) is 24.8 Å². The second-order valence-electron chi connectivity index (χ2n) is 6.94. The Morgan fingerprint density at radius 3 is 3.00 bits per heavy atom. The number of hydrogen-bond donors (Lipinski definition) is 2. The quantitative estimate of drug-likeness (QED) is 0.577. The van der Waals surface area contributed by atoms with Gasteiger partial charge in [0, 0.05) is 45.1 Å². The Labute approximate surface area is 155 Å². The van der Waals surface area contributed by atoms with Crippen molar-refractivity contribution in [3.8, 4) is 0 Å². The van der Waals surface area contributed by atoms with Crippen LogP contribution in [0, 0.1) is 5.92 Å². The number of guanidine groups is 1. The van der Waals surface area contributed by atoms with Crippen molar-refractivity contribution in [2.45, 2.75) is 46.0 Å². The molecule has 140 valence electrons. The van der Waals surface area contributed by atoms with E-state index in [4.69, 9.17) is 0 Å². The van der Waals surface area contributed by atoms with Crippen molar-refractivity contribution in [2.75, 3.05) is 32.7 Å². The second kappa shape index (κ2) is 10.4. The lowest BCUT2D eigenvalue weighted by molar-refractivity contribution is -0.132. The fourth-order valence-corrected chi connectivity index (χ4v) is 3.87. The Kier molecular flexibility index (Phi) is 8.25. The van der Waals surface area contributed by atoms with Crippen LogP contribution in [0.3, 0.4) is 0 Å². The molecule has 1 fully saturated rings. The molecule has 2 rings (SSSR count). The van der Waals surface area contributed by atoms with E-state index in [-0.39, 0.29) is 5.91 Å². The second-order valence-corrected chi connectivity index (χ2v) is 7.72. The van der Waals surface area contributed by atoms with E-state index in [2.05, 4.69) is 53.2 Å². The Morgan fingerprint density at radius 2 is 2.32 bits per heavy atom. The van der Waals surface area contributed by atoms with Gasteiger partial charge < -0.3 is 15.5 Å². The van der Waals surface area contributed by atoms with Gasteiger partial charge in [0.2, 0.25) is 5.91 Å². The zero-order valence-corrected chi connectivity index (χ0v) is 16.6. The first kappa shape index (κ1) is 19.8. The van der Waals surface area contributed by atoms with E-state index in [1.807, 2.05) is 4.90 Å². The summed E-state index contributed by atoms with van der Waals surface area (Å²) in [5.41, 5.74) is 1.33. The van der Waals surface area contributed by atoms with Crippen molar-refractivity contribution in [3.05, 3.63) is 22.4 Å². The van der Waals surface area contributed by atoms with E-state index >= 15 is 0 Å². The summed E-state index contributed by atoms with van der Waals surface area (Å²) in [6.07, 6.45) is 2.89. The van der Waals surface area contributed by atoms with Crippen LogP contribution in [0.2, 0.25) is 0 Å². The largest absolute Gasteiger partial charge is 0.357 e. The van der Waals surface area contributed by atoms with Crippen molar-refractivity contribution in [3.63, 3.8) is 0 Å². The van der Waals surface area contributed by atoms with E-state index in [9.17, 15) is 4.79 Å². The third-order valence-electron chi connectivity index (χ3n) is 4.62. The summed E-state index contributed by atoms with van der Waals surface area (Å²) >= 11 is 1.72. The van der Waals surface area contributed by atoms with E-state index < -0.39 is 0 Å². The molecule has 1 aliphatic rings. The highest BCUT2D eigenvalue weighted by molar-refractivity contribution is 7.07. The lowest BCUT2D eigenvalue weighted by Gasteiger charge is -2.31. The van der Waals surface area contributed by atoms with Crippen LogP contribution in [0.1, 0.15) is 51.5 Å². The molecule has 0 saturated carbocycles. The molecule has 0 radical (unpaired) electrons. The highest BCUT2D eigenvalue weighted by Gasteiger charge is 2.20. The monoisotopic (exact) mass is 364 g/mol. The molecule has 1 amide bonds. The van der Waals surface area contributed by atoms with Gasteiger partial charge in [0.25, 0.3) is 0 Å². The van der Waals surface area contributed by atoms with Crippen LogP contribution in [0.15, 0.2) is 21.8 Å². The molecule has 25 heavy (non-hydrogen) atoms. The van der Waals surface area contributed by atoms with Crippen molar-refractivity contribution in [1.29, 1.82) is 0 Å². The number of nitrogens with zero attached hydrogens (tertiary/aromatic N) is 2. The summed E-state index contributed by atoms with van der Waals surface area (Å²) in [6.45, 7) is 10.5. The lowest BCUT2D eigenvalue weighted by atomic mass is 10.00. The first-order chi connectivity index (χ1) is 12.1. The number of carbonyl (C=O) groups excluding carboxylic acids is 1. The maximum Gasteiger partial charge on any atom is 0.224 e. The SMILES string of the molecule is CCNC(=NCC(C)c1ccsc1)NCCC(=O)N1CCCC(C)C1. The maximum atomic E-state index is 12.3. The molecule has 1 aromatic rings. The Morgan fingerprint density at radius 1 is 1.48 bits per heavy atom. The van der Waals surface area contributed by atoms with Crippen LogP contribution in [0.4, 0.5) is 0 Å². The molecule has 0 bridgehead atoms. The van der Waals surface area contributed by atoms with Crippen LogP contribution in [-0.4, -0.2) is 49.5 Å². The van der Waals surface area contributed by atoms with Gasteiger partial charge in [-0.3, -0.25) is 9.79 Å². The van der Waals surface area contributed by atoms with Gasteiger partial charge in [-0.2, -0.15) is 11.3 Å². The number of piperidine rings is 1. The van der Waals surface area contributed by atoms with E-state index in [1.165, 1.54) is 12.0 Å². The molecular weight excluding hydrogens is 332 g/mol. The Balaban J connectivity index is 1.76. The summed E-state index contributed by atoms with van der Waals surface area (Å²) in [6, 6.07) is 2.16. The van der Waals surface area contributed by atoms with Gasteiger partial charge in [0.15, 0.2) is 5.96 Å². The van der Waals surface area contributed by atoms with Gasteiger partial charge in [-0.25, -0.2) is 0 Å². The smallest absolute Gasteiger partial charge is 0.224 e. The average Bonchev–Trinajstić information content (AvgIpc) is 3.14. The number of hydrogen-bond acceptors (Lipinski definition) is 3. The van der Waals surface area contributed by atoms with Gasteiger partial charge in [0.1, 0.15) is 0 Å². The standard InChI is InChI=1S/C19H32N4OS/c1-4-20-19(22-12-16(3)17-8-11-25-14-17)21-9-7-18(24)23-10-5-6-15(2)13-23/h8,11,14-16H,4-7,9-10,12-13H2,1-3H3,(H2,20,21,22). The number of amides is 1. The number of rotatable bonds is 7. The maximum absolute atomic E-state index is 12.3. The molecule has 2 atom stereocenters. The minimum Gasteiger partial charge on any atom is -0.357 e. The van der Waals surface area contributed by atoms with Crippen LogP contribution in [0.25, 0.3) is 0 Å². The topological polar surface area (TPSA) is 56.7 Å². The molecule has 2 N–H and O–H groups in total. The van der Waals surface area contributed by atoms with Crippen molar-refractivity contribution in [2.24, 2.45) is 10.9 Å². The molecule has 0 aromatic carbocycles. The molecule has 2 heterocycles. The third kappa shape index (κ3) is 6.69. The average molecular weight is 365 g/mol. The fraction of sp³-hybridized carbons (Fsp3) is 0.684.